The first-order valence-corrected chi connectivity index (χ1v) is 8.93. The molecule has 1 N–H and O–H groups in total. The molecule has 1 aromatic carbocycles. The van der Waals surface area contributed by atoms with Gasteiger partial charge in [-0.1, -0.05) is 0 Å². The number of nitrogens with one attached hydrogen (secondary N) is 1. The SMILES string of the molecule is CN(C(=O)OC(C)(C)C)c1nc(CCNc2ccc([N+](=O)[O-])cc2)cs1. The number of thiazole rings is 1. The van der Waals surface area contributed by atoms with Gasteiger partial charge in [-0.05, 0) is 32.9 Å². The fourth-order valence-corrected chi connectivity index (χ4v) is 2.82. The standard InChI is InChI=1S/C17H22N4O4S/c1-17(2,3)25-16(22)20(4)15-19-13(11-26-15)9-10-18-12-5-7-14(8-6-12)21(23)24/h5-8,11,18H,9-10H2,1-4H3. The fraction of sp³-hybridized carbons (Fsp3) is 0.412. The van der Waals surface area contributed by atoms with Crippen LogP contribution in [-0.4, -0.2) is 35.2 Å². The molecule has 0 unspecified atom stereocenters. The van der Waals surface area contributed by atoms with Crippen LogP contribution >= 0.6 is 11.3 Å². The zero-order valence-corrected chi connectivity index (χ0v) is 16.0. The Morgan fingerprint density at radius 2 is 2.00 bits per heavy atom. The number of carbonyl (C=O) groups is 1. The summed E-state index contributed by atoms with van der Waals surface area (Å²) in [5.41, 5.74) is 1.16. The molecular formula is C17H22N4O4S. The summed E-state index contributed by atoms with van der Waals surface area (Å²) in [6.45, 7) is 6.07. The zero-order chi connectivity index (χ0) is 19.3. The van der Waals surface area contributed by atoms with Crippen molar-refractivity contribution < 1.29 is 14.5 Å². The van der Waals surface area contributed by atoms with Crippen molar-refractivity contribution in [3.8, 4) is 0 Å². The van der Waals surface area contributed by atoms with Gasteiger partial charge in [-0.25, -0.2) is 9.78 Å². The molecule has 0 aliphatic carbocycles. The molecule has 0 saturated carbocycles. The van der Waals surface area contributed by atoms with E-state index in [1.165, 1.54) is 28.4 Å². The summed E-state index contributed by atoms with van der Waals surface area (Å²) < 4.78 is 5.32. The maximum absolute atomic E-state index is 12.1. The lowest BCUT2D eigenvalue weighted by Gasteiger charge is -2.23. The molecule has 2 aromatic rings. The minimum Gasteiger partial charge on any atom is -0.443 e. The number of hydrogen-bond acceptors (Lipinski definition) is 7. The molecule has 0 atom stereocenters. The number of anilines is 2. The summed E-state index contributed by atoms with van der Waals surface area (Å²) >= 11 is 1.37. The molecule has 0 spiro atoms. The van der Waals surface area contributed by atoms with Crippen molar-refractivity contribution in [2.75, 3.05) is 23.8 Å². The quantitative estimate of drug-likeness (QED) is 0.601. The van der Waals surface area contributed by atoms with Gasteiger partial charge in [0.1, 0.15) is 5.60 Å². The van der Waals surface area contributed by atoms with Crippen LogP contribution in [0.5, 0.6) is 0 Å². The second-order valence-corrected chi connectivity index (χ2v) is 7.48. The van der Waals surface area contributed by atoms with Gasteiger partial charge in [-0.2, -0.15) is 0 Å². The average molecular weight is 378 g/mol. The van der Waals surface area contributed by atoms with Gasteiger partial charge in [0.05, 0.1) is 10.6 Å². The molecule has 0 fully saturated rings. The van der Waals surface area contributed by atoms with E-state index in [-0.39, 0.29) is 5.69 Å². The topological polar surface area (TPSA) is 97.6 Å². The number of nitro benzene ring substituents is 1. The Morgan fingerprint density at radius 1 is 1.35 bits per heavy atom. The van der Waals surface area contributed by atoms with Gasteiger partial charge in [0.15, 0.2) is 5.13 Å². The highest BCUT2D eigenvalue weighted by molar-refractivity contribution is 7.14. The molecule has 9 heteroatoms. The molecular weight excluding hydrogens is 356 g/mol. The van der Waals surface area contributed by atoms with Crippen molar-refractivity contribution in [3.63, 3.8) is 0 Å². The number of hydrogen-bond donors (Lipinski definition) is 1. The van der Waals surface area contributed by atoms with Gasteiger partial charge >= 0.3 is 6.09 Å². The van der Waals surface area contributed by atoms with Crippen LogP contribution in [0.4, 0.5) is 21.3 Å². The van der Waals surface area contributed by atoms with Crippen molar-refractivity contribution in [2.45, 2.75) is 32.8 Å². The Morgan fingerprint density at radius 3 is 2.58 bits per heavy atom. The highest BCUT2D eigenvalue weighted by atomic mass is 32.1. The van der Waals surface area contributed by atoms with Crippen LogP contribution in [0.25, 0.3) is 0 Å². The minimum atomic E-state index is -0.555. The van der Waals surface area contributed by atoms with Crippen LogP contribution in [0.2, 0.25) is 0 Å². The van der Waals surface area contributed by atoms with E-state index >= 15 is 0 Å². The van der Waals surface area contributed by atoms with Gasteiger partial charge in [0.25, 0.3) is 5.69 Å². The van der Waals surface area contributed by atoms with Gasteiger partial charge in [0, 0.05) is 43.2 Å². The monoisotopic (exact) mass is 378 g/mol. The maximum atomic E-state index is 12.1. The van der Waals surface area contributed by atoms with Gasteiger partial charge in [-0.3, -0.25) is 15.0 Å². The number of non-ortho nitro benzene ring substituents is 1. The second-order valence-electron chi connectivity index (χ2n) is 6.64. The number of ether oxygens (including phenoxy) is 1. The number of carbonyl (C=O) groups excluding carboxylic acids is 1. The molecule has 0 aliphatic heterocycles. The van der Waals surface area contributed by atoms with Gasteiger partial charge in [-0.15, -0.1) is 11.3 Å². The predicted octanol–water partition coefficient (Wildman–Crippen LogP) is 4.08. The van der Waals surface area contributed by atoms with Crippen LogP contribution in [-0.2, 0) is 11.2 Å². The normalized spacial score (nSPS) is 11.1. The van der Waals surface area contributed by atoms with E-state index in [1.54, 1.807) is 19.2 Å². The fourth-order valence-electron chi connectivity index (χ4n) is 2.01. The lowest BCUT2D eigenvalue weighted by Crippen LogP contribution is -2.34. The second kappa shape index (κ2) is 8.13. The third-order valence-corrected chi connectivity index (χ3v) is 4.25. The largest absolute Gasteiger partial charge is 0.443 e. The molecule has 1 heterocycles. The molecule has 140 valence electrons. The van der Waals surface area contributed by atoms with E-state index in [9.17, 15) is 14.9 Å². The van der Waals surface area contributed by atoms with E-state index in [4.69, 9.17) is 4.74 Å². The summed E-state index contributed by atoms with van der Waals surface area (Å²) in [7, 11) is 1.63. The molecule has 8 nitrogen and oxygen atoms in total. The highest BCUT2D eigenvalue weighted by Crippen LogP contribution is 2.22. The van der Waals surface area contributed by atoms with Crippen molar-refractivity contribution in [1.29, 1.82) is 0 Å². The summed E-state index contributed by atoms with van der Waals surface area (Å²) in [6.07, 6.45) is 0.220. The molecule has 2 rings (SSSR count). The summed E-state index contributed by atoms with van der Waals surface area (Å²) in [4.78, 5) is 28.1. The Labute approximate surface area is 156 Å². The first-order chi connectivity index (χ1) is 12.2. The Kier molecular flexibility index (Phi) is 6.14. The molecule has 1 amide bonds. The smallest absolute Gasteiger partial charge is 0.416 e. The number of benzene rings is 1. The van der Waals surface area contributed by atoms with Crippen LogP contribution in [0.1, 0.15) is 26.5 Å². The van der Waals surface area contributed by atoms with Gasteiger partial charge < -0.3 is 10.1 Å². The Balaban J connectivity index is 1.86. The number of amides is 1. The first-order valence-electron chi connectivity index (χ1n) is 8.05. The summed E-state index contributed by atoms with van der Waals surface area (Å²) in [5.74, 6) is 0. The Bertz CT molecular complexity index is 768. The zero-order valence-electron chi connectivity index (χ0n) is 15.2. The highest BCUT2D eigenvalue weighted by Gasteiger charge is 2.22. The third kappa shape index (κ3) is 5.69. The van der Waals surface area contributed by atoms with Gasteiger partial charge in [0.2, 0.25) is 0 Å². The van der Waals surface area contributed by atoms with Crippen LogP contribution < -0.4 is 10.2 Å². The molecule has 0 aliphatic rings. The lowest BCUT2D eigenvalue weighted by molar-refractivity contribution is -0.384. The van der Waals surface area contributed by atoms with E-state index in [1.807, 2.05) is 26.2 Å². The molecule has 0 saturated heterocycles. The third-order valence-electron chi connectivity index (χ3n) is 3.28. The van der Waals surface area contributed by atoms with Crippen molar-refractivity contribution in [1.82, 2.24) is 4.98 Å². The summed E-state index contributed by atoms with van der Waals surface area (Å²) in [5, 5.41) is 16.3. The lowest BCUT2D eigenvalue weighted by atomic mass is 10.2. The molecule has 1 aromatic heterocycles. The number of rotatable bonds is 6. The molecule has 0 radical (unpaired) electrons. The number of nitro groups is 1. The summed E-state index contributed by atoms with van der Waals surface area (Å²) in [6, 6.07) is 6.25. The van der Waals surface area contributed by atoms with Crippen molar-refractivity contribution in [2.24, 2.45) is 0 Å². The minimum absolute atomic E-state index is 0.0601. The average Bonchev–Trinajstić information content (AvgIpc) is 3.02. The van der Waals surface area contributed by atoms with Crippen molar-refractivity contribution in [3.05, 3.63) is 45.5 Å². The number of nitrogens with zero attached hydrogens (tertiary/aromatic N) is 3. The van der Waals surface area contributed by atoms with Crippen LogP contribution in [0.3, 0.4) is 0 Å². The maximum Gasteiger partial charge on any atom is 0.416 e. The van der Waals surface area contributed by atoms with Crippen LogP contribution in [0, 0.1) is 10.1 Å². The molecule has 26 heavy (non-hydrogen) atoms. The van der Waals surface area contributed by atoms with E-state index < -0.39 is 16.6 Å². The first kappa shape index (κ1) is 19.6. The van der Waals surface area contributed by atoms with E-state index in [0.29, 0.717) is 18.1 Å². The predicted molar refractivity (Wildman–Crippen MR) is 102 cm³/mol. The van der Waals surface area contributed by atoms with E-state index in [2.05, 4.69) is 10.3 Å². The van der Waals surface area contributed by atoms with E-state index in [0.717, 1.165) is 11.4 Å². The molecule has 0 bridgehead atoms. The number of aromatic nitrogens is 1. The van der Waals surface area contributed by atoms with Crippen molar-refractivity contribution >= 4 is 33.9 Å². The van der Waals surface area contributed by atoms with Crippen LogP contribution in [0.15, 0.2) is 29.6 Å². The Hall–Kier alpha value is -2.68.